The van der Waals surface area contributed by atoms with Gasteiger partial charge in [0.25, 0.3) is 0 Å². The molecule has 0 aromatic carbocycles. The predicted octanol–water partition coefficient (Wildman–Crippen LogP) is 3.32. The highest BCUT2D eigenvalue weighted by atomic mass is 35.5. The summed E-state index contributed by atoms with van der Waals surface area (Å²) in [7, 11) is 2.33. The molecule has 0 aromatic heterocycles. The zero-order chi connectivity index (χ0) is 14.8. The summed E-state index contributed by atoms with van der Waals surface area (Å²) in [5.41, 5.74) is 0.839. The standard InChI is InChI=1S/C17H34N2O.ClH/c1-6-17(7-2)14(11-15(17)20-8-3)19(5)13-16(4)9-10-18-12-16;/h14-15,18H,6-13H2,1-5H3;1H. The molecule has 2 aliphatic rings. The van der Waals surface area contributed by atoms with Gasteiger partial charge in [0.1, 0.15) is 0 Å². The minimum absolute atomic E-state index is 0. The van der Waals surface area contributed by atoms with Crippen LogP contribution in [-0.2, 0) is 4.74 Å². The van der Waals surface area contributed by atoms with E-state index >= 15 is 0 Å². The van der Waals surface area contributed by atoms with E-state index in [1.165, 1.54) is 45.3 Å². The minimum atomic E-state index is 0. The largest absolute Gasteiger partial charge is 0.378 e. The molecule has 1 aliphatic carbocycles. The Morgan fingerprint density at radius 3 is 2.38 bits per heavy atom. The first kappa shape index (κ1) is 19.2. The van der Waals surface area contributed by atoms with Gasteiger partial charge in [0.05, 0.1) is 6.10 Å². The molecule has 2 fully saturated rings. The zero-order valence-corrected chi connectivity index (χ0v) is 15.4. The maximum atomic E-state index is 6.01. The molecule has 0 amide bonds. The number of rotatable bonds is 7. The highest BCUT2D eigenvalue weighted by Crippen LogP contribution is 2.51. The summed E-state index contributed by atoms with van der Waals surface area (Å²) in [6.07, 6.45) is 5.47. The molecule has 0 radical (unpaired) electrons. The van der Waals surface area contributed by atoms with Crippen molar-refractivity contribution in [2.24, 2.45) is 10.8 Å². The van der Waals surface area contributed by atoms with Gasteiger partial charge >= 0.3 is 0 Å². The summed E-state index contributed by atoms with van der Waals surface area (Å²) >= 11 is 0. The minimum Gasteiger partial charge on any atom is -0.378 e. The van der Waals surface area contributed by atoms with Gasteiger partial charge in [-0.15, -0.1) is 12.4 Å². The summed E-state index contributed by atoms with van der Waals surface area (Å²) in [5, 5.41) is 3.52. The lowest BCUT2D eigenvalue weighted by Gasteiger charge is -2.59. The van der Waals surface area contributed by atoms with E-state index in [-0.39, 0.29) is 12.4 Å². The number of hydrogen-bond donors (Lipinski definition) is 1. The maximum Gasteiger partial charge on any atom is 0.0661 e. The van der Waals surface area contributed by atoms with E-state index in [9.17, 15) is 0 Å². The van der Waals surface area contributed by atoms with Crippen LogP contribution in [0.5, 0.6) is 0 Å². The SMILES string of the molecule is CCOC1CC(N(C)CC2(C)CCNC2)C1(CC)CC.Cl. The van der Waals surface area contributed by atoms with Crippen LogP contribution in [0.1, 0.15) is 53.4 Å². The number of halogens is 1. The van der Waals surface area contributed by atoms with Crippen LogP contribution < -0.4 is 5.32 Å². The van der Waals surface area contributed by atoms with E-state index in [1.54, 1.807) is 0 Å². The fourth-order valence-electron chi connectivity index (χ4n) is 4.67. The van der Waals surface area contributed by atoms with Crippen LogP contribution in [0.25, 0.3) is 0 Å². The van der Waals surface area contributed by atoms with Crippen LogP contribution in [0.3, 0.4) is 0 Å². The Morgan fingerprint density at radius 2 is 1.90 bits per heavy atom. The highest BCUT2D eigenvalue weighted by Gasteiger charge is 2.55. The Hall–Kier alpha value is 0.170. The quantitative estimate of drug-likeness (QED) is 0.779. The average Bonchev–Trinajstić information content (AvgIpc) is 2.82. The second-order valence-electron chi connectivity index (χ2n) is 7.29. The van der Waals surface area contributed by atoms with E-state index in [4.69, 9.17) is 4.74 Å². The van der Waals surface area contributed by atoms with Crippen molar-refractivity contribution in [1.29, 1.82) is 0 Å². The van der Waals surface area contributed by atoms with Crippen molar-refractivity contribution in [2.75, 3.05) is 33.3 Å². The summed E-state index contributed by atoms with van der Waals surface area (Å²) in [4.78, 5) is 2.63. The molecule has 21 heavy (non-hydrogen) atoms. The van der Waals surface area contributed by atoms with Gasteiger partial charge in [0.2, 0.25) is 0 Å². The normalized spacial score (nSPS) is 34.6. The van der Waals surface area contributed by atoms with Gasteiger partial charge in [-0.25, -0.2) is 0 Å². The van der Waals surface area contributed by atoms with Crippen LogP contribution in [-0.4, -0.2) is 50.3 Å². The molecule has 0 bridgehead atoms. The Balaban J connectivity index is 0.00000220. The zero-order valence-electron chi connectivity index (χ0n) is 14.6. The van der Waals surface area contributed by atoms with Gasteiger partial charge in [-0.2, -0.15) is 0 Å². The summed E-state index contributed by atoms with van der Waals surface area (Å²) < 4.78 is 6.01. The molecule has 1 heterocycles. The average molecular weight is 319 g/mol. The van der Waals surface area contributed by atoms with Crippen molar-refractivity contribution in [2.45, 2.75) is 65.5 Å². The molecule has 4 heteroatoms. The Labute approximate surface area is 137 Å². The molecule has 3 unspecified atom stereocenters. The Kier molecular flexibility index (Phi) is 6.98. The Bertz CT molecular complexity index is 314. The molecule has 2 rings (SSSR count). The lowest BCUT2D eigenvalue weighted by molar-refractivity contribution is -0.170. The van der Waals surface area contributed by atoms with Crippen molar-refractivity contribution >= 4 is 12.4 Å². The van der Waals surface area contributed by atoms with Gasteiger partial charge in [0, 0.05) is 31.2 Å². The number of hydrogen-bond acceptors (Lipinski definition) is 3. The van der Waals surface area contributed by atoms with Crippen molar-refractivity contribution in [3.63, 3.8) is 0 Å². The van der Waals surface area contributed by atoms with Gasteiger partial charge in [0.15, 0.2) is 0 Å². The molecule has 0 spiro atoms. The molecule has 1 aliphatic heterocycles. The van der Waals surface area contributed by atoms with E-state index in [0.717, 1.165) is 6.61 Å². The molecule has 1 saturated heterocycles. The van der Waals surface area contributed by atoms with Crippen molar-refractivity contribution in [3.05, 3.63) is 0 Å². The summed E-state index contributed by atoms with van der Waals surface area (Å²) in [5.74, 6) is 0. The third-order valence-electron chi connectivity index (χ3n) is 6.05. The molecule has 1 saturated carbocycles. The maximum absolute atomic E-state index is 6.01. The van der Waals surface area contributed by atoms with Crippen LogP contribution in [0.4, 0.5) is 0 Å². The third-order valence-corrected chi connectivity index (χ3v) is 6.05. The van der Waals surface area contributed by atoms with Crippen LogP contribution in [0.15, 0.2) is 0 Å². The van der Waals surface area contributed by atoms with E-state index < -0.39 is 0 Å². The fraction of sp³-hybridized carbons (Fsp3) is 1.00. The monoisotopic (exact) mass is 318 g/mol. The van der Waals surface area contributed by atoms with Crippen molar-refractivity contribution < 1.29 is 4.74 Å². The molecule has 0 aromatic rings. The first-order valence-electron chi connectivity index (χ1n) is 8.54. The third kappa shape index (κ3) is 3.57. The van der Waals surface area contributed by atoms with Crippen molar-refractivity contribution in [1.82, 2.24) is 10.2 Å². The molecule has 1 N–H and O–H groups in total. The summed E-state index contributed by atoms with van der Waals surface area (Å²) in [6, 6.07) is 0.700. The molecule has 126 valence electrons. The van der Waals surface area contributed by atoms with Crippen molar-refractivity contribution in [3.8, 4) is 0 Å². The lowest BCUT2D eigenvalue weighted by atomic mass is 9.58. The second kappa shape index (κ2) is 7.63. The van der Waals surface area contributed by atoms with Gasteiger partial charge in [-0.1, -0.05) is 20.8 Å². The number of nitrogens with one attached hydrogen (secondary N) is 1. The van der Waals surface area contributed by atoms with Crippen LogP contribution in [0.2, 0.25) is 0 Å². The van der Waals surface area contributed by atoms with Crippen LogP contribution >= 0.6 is 12.4 Å². The topological polar surface area (TPSA) is 24.5 Å². The molecular formula is C17H35ClN2O. The molecule has 3 nitrogen and oxygen atoms in total. The highest BCUT2D eigenvalue weighted by molar-refractivity contribution is 5.85. The predicted molar refractivity (Wildman–Crippen MR) is 92.3 cm³/mol. The fourth-order valence-corrected chi connectivity index (χ4v) is 4.67. The smallest absolute Gasteiger partial charge is 0.0661 e. The van der Waals surface area contributed by atoms with E-state index in [0.29, 0.717) is 23.0 Å². The van der Waals surface area contributed by atoms with Gasteiger partial charge in [-0.3, -0.25) is 0 Å². The van der Waals surface area contributed by atoms with Gasteiger partial charge in [-0.05, 0) is 51.6 Å². The number of ether oxygens (including phenoxy) is 1. The van der Waals surface area contributed by atoms with Crippen LogP contribution in [0, 0.1) is 10.8 Å². The first-order valence-corrected chi connectivity index (χ1v) is 8.54. The van der Waals surface area contributed by atoms with E-state index in [2.05, 4.69) is 45.0 Å². The first-order chi connectivity index (χ1) is 9.51. The molecule has 3 atom stereocenters. The Morgan fingerprint density at radius 1 is 1.24 bits per heavy atom. The van der Waals surface area contributed by atoms with E-state index in [1.807, 2.05) is 0 Å². The van der Waals surface area contributed by atoms with Gasteiger partial charge < -0.3 is 15.0 Å². The lowest BCUT2D eigenvalue weighted by Crippen LogP contribution is -2.64. The summed E-state index contributed by atoms with van der Waals surface area (Å²) in [6.45, 7) is 13.7. The second-order valence-corrected chi connectivity index (χ2v) is 7.29. The number of nitrogens with zero attached hydrogens (tertiary/aromatic N) is 1. The molecular weight excluding hydrogens is 284 g/mol.